The number of fused-ring (bicyclic) bond motifs is 2. The van der Waals surface area contributed by atoms with E-state index in [0.29, 0.717) is 23.0 Å². The van der Waals surface area contributed by atoms with Crippen LogP contribution >= 0.6 is 15.9 Å². The van der Waals surface area contributed by atoms with Crippen molar-refractivity contribution in [2.75, 3.05) is 0 Å². The molecule has 1 aromatic heterocycles. The van der Waals surface area contributed by atoms with Gasteiger partial charge in [-0.3, -0.25) is 14.2 Å². The summed E-state index contributed by atoms with van der Waals surface area (Å²) in [5, 5.41) is 6.07. The zero-order valence-corrected chi connectivity index (χ0v) is 18.2. The molecule has 3 aliphatic rings. The first-order valence-corrected chi connectivity index (χ1v) is 10.5. The molecule has 0 saturated heterocycles. The lowest BCUT2D eigenvalue weighted by Crippen LogP contribution is -2.50. The summed E-state index contributed by atoms with van der Waals surface area (Å²) < 4.78 is 7.49. The van der Waals surface area contributed by atoms with E-state index in [9.17, 15) is 14.4 Å². The van der Waals surface area contributed by atoms with Gasteiger partial charge >= 0.3 is 6.09 Å². The number of hydrogen-bond acceptors (Lipinski definition) is 4. The summed E-state index contributed by atoms with van der Waals surface area (Å²) in [4.78, 5) is 37.5. The fourth-order valence-electron chi connectivity index (χ4n) is 4.78. The van der Waals surface area contributed by atoms with Gasteiger partial charge in [-0.25, -0.2) is 4.79 Å². The lowest BCUT2D eigenvalue weighted by molar-refractivity contribution is 0.0503. The predicted molar refractivity (Wildman–Crippen MR) is 107 cm³/mol. The van der Waals surface area contributed by atoms with Crippen LogP contribution in [0.2, 0.25) is 0 Å². The molecule has 2 fully saturated rings. The SMILES string of the molecule is Cc1cc(Br)c(=O)n2c1C(=O)NC21CCC2(CC1)CC2NC(=O)OC(C)(C)C. The van der Waals surface area contributed by atoms with E-state index in [1.807, 2.05) is 27.7 Å². The number of ether oxygens (including phenoxy) is 1. The van der Waals surface area contributed by atoms with Gasteiger partial charge in [-0.2, -0.15) is 0 Å². The number of rotatable bonds is 1. The number of nitrogens with zero attached hydrogens (tertiary/aromatic N) is 1. The summed E-state index contributed by atoms with van der Waals surface area (Å²) in [7, 11) is 0. The molecule has 0 radical (unpaired) electrons. The maximum Gasteiger partial charge on any atom is 0.407 e. The number of carbonyl (C=O) groups is 2. The number of aromatic nitrogens is 1. The normalized spacial score (nSPS) is 30.9. The Morgan fingerprint density at radius 2 is 1.93 bits per heavy atom. The van der Waals surface area contributed by atoms with E-state index >= 15 is 0 Å². The van der Waals surface area contributed by atoms with Gasteiger partial charge in [0.1, 0.15) is 17.0 Å². The molecule has 2 N–H and O–H groups in total. The van der Waals surface area contributed by atoms with Crippen LogP contribution in [0.25, 0.3) is 0 Å². The number of hydrogen-bond donors (Lipinski definition) is 2. The van der Waals surface area contributed by atoms with E-state index in [1.165, 1.54) is 0 Å². The molecular formula is C20H26BrN3O4. The van der Waals surface area contributed by atoms with Crippen molar-refractivity contribution in [1.82, 2.24) is 15.2 Å². The van der Waals surface area contributed by atoms with Crippen LogP contribution in [-0.4, -0.2) is 28.2 Å². The maximum absolute atomic E-state index is 12.8. The molecular weight excluding hydrogens is 426 g/mol. The van der Waals surface area contributed by atoms with E-state index in [2.05, 4.69) is 26.6 Å². The van der Waals surface area contributed by atoms with E-state index in [-0.39, 0.29) is 29.0 Å². The summed E-state index contributed by atoms with van der Waals surface area (Å²) in [6, 6.07) is 1.80. The van der Waals surface area contributed by atoms with E-state index in [4.69, 9.17) is 4.74 Å². The Kier molecular flexibility index (Phi) is 4.23. The quantitative estimate of drug-likeness (QED) is 0.685. The van der Waals surface area contributed by atoms with Gasteiger partial charge in [0.2, 0.25) is 0 Å². The van der Waals surface area contributed by atoms with Gasteiger partial charge in [0.25, 0.3) is 11.5 Å². The van der Waals surface area contributed by atoms with Gasteiger partial charge in [-0.1, -0.05) is 0 Å². The summed E-state index contributed by atoms with van der Waals surface area (Å²) in [5.41, 5.74) is -0.0649. The van der Waals surface area contributed by atoms with Crippen molar-refractivity contribution in [3.63, 3.8) is 0 Å². The molecule has 2 aliphatic carbocycles. The third kappa shape index (κ3) is 3.06. The molecule has 0 aromatic carbocycles. The van der Waals surface area contributed by atoms with Crippen LogP contribution in [-0.2, 0) is 10.4 Å². The molecule has 0 bridgehead atoms. The maximum atomic E-state index is 12.8. The van der Waals surface area contributed by atoms with Crippen molar-refractivity contribution in [2.24, 2.45) is 5.41 Å². The minimum atomic E-state index is -0.664. The smallest absolute Gasteiger partial charge is 0.407 e. The Morgan fingerprint density at radius 3 is 2.54 bits per heavy atom. The molecule has 2 heterocycles. The highest BCUT2D eigenvalue weighted by Gasteiger charge is 2.60. The van der Waals surface area contributed by atoms with Crippen molar-refractivity contribution in [3.8, 4) is 0 Å². The van der Waals surface area contributed by atoms with E-state index < -0.39 is 11.3 Å². The van der Waals surface area contributed by atoms with Crippen LogP contribution in [0, 0.1) is 12.3 Å². The minimum Gasteiger partial charge on any atom is -0.444 e. The molecule has 1 atom stereocenters. The zero-order valence-electron chi connectivity index (χ0n) is 16.6. The highest BCUT2D eigenvalue weighted by atomic mass is 79.9. The second-order valence-corrected chi connectivity index (χ2v) is 10.3. The summed E-state index contributed by atoms with van der Waals surface area (Å²) >= 11 is 3.33. The molecule has 2 saturated carbocycles. The first-order valence-electron chi connectivity index (χ1n) is 9.71. The van der Waals surface area contributed by atoms with Gasteiger partial charge < -0.3 is 15.4 Å². The summed E-state index contributed by atoms with van der Waals surface area (Å²) in [6.45, 7) is 7.38. The van der Waals surface area contributed by atoms with Crippen LogP contribution in [0.3, 0.4) is 0 Å². The largest absolute Gasteiger partial charge is 0.444 e. The van der Waals surface area contributed by atoms with Gasteiger partial charge in [0.05, 0.1) is 4.47 Å². The van der Waals surface area contributed by atoms with Crippen molar-refractivity contribution < 1.29 is 14.3 Å². The average Bonchev–Trinajstić information content (AvgIpc) is 3.13. The standard InChI is InChI=1S/C20H26BrN3O4/c1-11-9-12(21)16(26)24-14(11)15(25)23-20(24)7-5-19(6-8-20)10-13(19)22-17(27)28-18(2,3)4/h9,13H,5-8,10H2,1-4H3,(H,22,27)(H,23,25). The highest BCUT2D eigenvalue weighted by molar-refractivity contribution is 9.10. The minimum absolute atomic E-state index is 0.0420. The number of amides is 2. The lowest BCUT2D eigenvalue weighted by Gasteiger charge is -2.39. The van der Waals surface area contributed by atoms with Crippen LogP contribution in [0.4, 0.5) is 4.79 Å². The molecule has 1 unspecified atom stereocenters. The molecule has 1 aromatic rings. The fraction of sp³-hybridized carbons (Fsp3) is 0.650. The highest BCUT2D eigenvalue weighted by Crippen LogP contribution is 2.59. The number of aryl methyl sites for hydroxylation is 1. The van der Waals surface area contributed by atoms with Gasteiger partial charge in [-0.15, -0.1) is 0 Å². The van der Waals surface area contributed by atoms with Crippen molar-refractivity contribution >= 4 is 27.9 Å². The molecule has 2 spiro atoms. The van der Waals surface area contributed by atoms with E-state index in [1.54, 1.807) is 10.6 Å². The zero-order chi connectivity index (χ0) is 20.5. The Balaban J connectivity index is 1.50. The van der Waals surface area contributed by atoms with E-state index in [0.717, 1.165) is 24.8 Å². The molecule has 8 heteroatoms. The average molecular weight is 452 g/mol. The molecule has 152 valence electrons. The number of halogens is 1. The van der Waals surface area contributed by atoms with Crippen LogP contribution in [0.5, 0.6) is 0 Å². The van der Waals surface area contributed by atoms with Crippen molar-refractivity contribution in [3.05, 3.63) is 32.2 Å². The topological polar surface area (TPSA) is 89.4 Å². The second kappa shape index (κ2) is 6.08. The van der Waals surface area contributed by atoms with Crippen LogP contribution in [0.15, 0.2) is 15.3 Å². The molecule has 7 nitrogen and oxygen atoms in total. The van der Waals surface area contributed by atoms with Crippen LogP contribution < -0.4 is 16.2 Å². The molecule has 2 amide bonds. The fourth-order valence-corrected chi connectivity index (χ4v) is 5.31. The molecule has 1 aliphatic heterocycles. The Bertz CT molecular complexity index is 923. The number of nitrogens with one attached hydrogen (secondary N) is 2. The first kappa shape index (κ1) is 19.5. The lowest BCUT2D eigenvalue weighted by atomic mass is 9.79. The first-order chi connectivity index (χ1) is 13.0. The third-order valence-electron chi connectivity index (χ3n) is 6.29. The monoisotopic (exact) mass is 451 g/mol. The third-order valence-corrected chi connectivity index (χ3v) is 6.86. The van der Waals surface area contributed by atoms with Crippen molar-refractivity contribution in [2.45, 2.75) is 77.1 Å². The Hall–Kier alpha value is -1.83. The second-order valence-electron chi connectivity index (χ2n) is 9.42. The Labute approximate surface area is 172 Å². The summed E-state index contributed by atoms with van der Waals surface area (Å²) in [6.07, 6.45) is 3.55. The summed E-state index contributed by atoms with van der Waals surface area (Å²) in [5.74, 6) is -0.183. The van der Waals surface area contributed by atoms with Gasteiger partial charge in [0, 0.05) is 6.04 Å². The number of pyridine rings is 1. The number of carbonyl (C=O) groups excluding carboxylic acids is 2. The Morgan fingerprint density at radius 1 is 1.29 bits per heavy atom. The number of alkyl carbamates (subject to hydrolysis) is 1. The molecule has 4 rings (SSSR count). The predicted octanol–water partition coefficient (Wildman–Crippen LogP) is 3.17. The van der Waals surface area contributed by atoms with Gasteiger partial charge in [-0.05, 0) is 92.8 Å². The van der Waals surface area contributed by atoms with Crippen LogP contribution in [0.1, 0.15) is 68.9 Å². The van der Waals surface area contributed by atoms with Gasteiger partial charge in [0.15, 0.2) is 0 Å². The molecule has 28 heavy (non-hydrogen) atoms. The van der Waals surface area contributed by atoms with Crippen molar-refractivity contribution in [1.29, 1.82) is 0 Å².